The normalized spacial score (nSPS) is 24.8. The van der Waals surface area contributed by atoms with Gasteiger partial charge in [0.25, 0.3) is 0 Å². The number of nitrogens with two attached hydrogens (primary N) is 1. The molecule has 1 aromatic carbocycles. The number of nitrogens with one attached hydrogen (secondary N) is 1. The van der Waals surface area contributed by atoms with Crippen molar-refractivity contribution in [3.05, 3.63) is 53.1 Å². The predicted molar refractivity (Wildman–Crippen MR) is 133 cm³/mol. The number of hydrogen-bond donors (Lipinski definition) is 3. The molecule has 0 amide bonds. The quantitative estimate of drug-likeness (QED) is 0.278. The molecule has 1 aliphatic rings. The van der Waals surface area contributed by atoms with Gasteiger partial charge in [0.05, 0.1) is 12.2 Å². The average molecular weight is 541 g/mol. The summed E-state index contributed by atoms with van der Waals surface area (Å²) in [5.74, 6) is -0.415. The number of anilines is 1. The molecular formula is C23H33N4O9P. The van der Waals surface area contributed by atoms with Crippen LogP contribution in [0.1, 0.15) is 33.9 Å². The van der Waals surface area contributed by atoms with Crippen molar-refractivity contribution in [2.45, 2.75) is 70.5 Å². The summed E-state index contributed by atoms with van der Waals surface area (Å²) in [4.78, 5) is 28.4. The minimum absolute atomic E-state index is 0.0252. The Balaban J connectivity index is 1.84. The van der Waals surface area contributed by atoms with E-state index >= 15 is 0 Å². The van der Waals surface area contributed by atoms with Crippen LogP contribution in [0.25, 0.3) is 0 Å². The van der Waals surface area contributed by atoms with E-state index in [0.29, 0.717) is 0 Å². The van der Waals surface area contributed by atoms with Crippen molar-refractivity contribution in [3.8, 4) is 5.75 Å². The first-order valence-electron chi connectivity index (χ1n) is 11.7. The molecule has 4 N–H and O–H groups in total. The van der Waals surface area contributed by atoms with Crippen molar-refractivity contribution in [2.24, 2.45) is 0 Å². The fourth-order valence-corrected chi connectivity index (χ4v) is 5.46. The van der Waals surface area contributed by atoms with E-state index in [0.717, 1.165) is 4.57 Å². The SMILES string of the molecule is CO[C@@H]1[C@H](O)[C@@H]([C@@H](C)OP(=O)(N[C@@H](C)C(=O)OC(C)C)Oc2ccccc2)O[C@H]1n1ccc(N)nc1=O. The smallest absolute Gasteiger partial charge is 0.459 e. The van der Waals surface area contributed by atoms with E-state index in [9.17, 15) is 19.3 Å². The molecule has 0 radical (unpaired) electrons. The number of ether oxygens (including phenoxy) is 3. The Morgan fingerprint density at radius 1 is 1.22 bits per heavy atom. The van der Waals surface area contributed by atoms with E-state index < -0.39 is 56.1 Å². The first-order chi connectivity index (χ1) is 17.4. The lowest BCUT2D eigenvalue weighted by Gasteiger charge is -2.29. The van der Waals surface area contributed by atoms with Gasteiger partial charge in [-0.1, -0.05) is 18.2 Å². The van der Waals surface area contributed by atoms with E-state index in [1.807, 2.05) is 0 Å². The zero-order chi connectivity index (χ0) is 27.3. The molecule has 14 heteroatoms. The zero-order valence-corrected chi connectivity index (χ0v) is 22.1. The molecule has 3 rings (SSSR count). The van der Waals surface area contributed by atoms with Crippen LogP contribution in [0, 0.1) is 0 Å². The van der Waals surface area contributed by atoms with Crippen LogP contribution in [0.3, 0.4) is 0 Å². The number of methoxy groups -OCH3 is 1. The molecule has 2 aromatic rings. The lowest BCUT2D eigenvalue weighted by molar-refractivity contribution is -0.149. The summed E-state index contributed by atoms with van der Waals surface area (Å²) < 4.78 is 42.9. The van der Waals surface area contributed by atoms with Crippen LogP contribution in [-0.4, -0.2) is 64.3 Å². The molecule has 13 nitrogen and oxygen atoms in total. The van der Waals surface area contributed by atoms with Crippen molar-refractivity contribution < 1.29 is 37.7 Å². The fourth-order valence-electron chi connectivity index (χ4n) is 3.76. The van der Waals surface area contributed by atoms with Crippen LogP contribution in [0.5, 0.6) is 5.75 Å². The number of hydrogen-bond acceptors (Lipinski definition) is 11. The second-order valence-electron chi connectivity index (χ2n) is 8.77. The van der Waals surface area contributed by atoms with Crippen molar-refractivity contribution in [2.75, 3.05) is 12.8 Å². The lowest BCUT2D eigenvalue weighted by Crippen LogP contribution is -2.41. The molecule has 204 valence electrons. The number of esters is 1. The number of aliphatic hydroxyl groups excluding tert-OH is 1. The van der Waals surface area contributed by atoms with Crippen LogP contribution in [0.4, 0.5) is 5.82 Å². The summed E-state index contributed by atoms with van der Waals surface area (Å²) in [6.07, 6.45) is -4.53. The second-order valence-corrected chi connectivity index (χ2v) is 10.4. The summed E-state index contributed by atoms with van der Waals surface area (Å²) in [6.45, 7) is 6.34. The highest BCUT2D eigenvalue weighted by molar-refractivity contribution is 7.52. The van der Waals surface area contributed by atoms with Crippen LogP contribution >= 0.6 is 7.75 Å². The highest BCUT2D eigenvalue weighted by Crippen LogP contribution is 2.48. The molecule has 1 fully saturated rings. The fraction of sp³-hybridized carbons (Fsp3) is 0.522. The largest absolute Gasteiger partial charge is 0.462 e. The molecule has 7 atom stereocenters. The van der Waals surface area contributed by atoms with Gasteiger partial charge in [0.15, 0.2) is 6.23 Å². The van der Waals surface area contributed by atoms with Crippen molar-refractivity contribution in [3.63, 3.8) is 0 Å². The predicted octanol–water partition coefficient (Wildman–Crippen LogP) is 1.62. The molecular weight excluding hydrogens is 507 g/mol. The van der Waals surface area contributed by atoms with Gasteiger partial charge in [-0.2, -0.15) is 10.1 Å². The van der Waals surface area contributed by atoms with E-state index in [4.69, 9.17) is 29.0 Å². The molecule has 1 aliphatic heterocycles. The maximum absolute atomic E-state index is 13.8. The first-order valence-corrected chi connectivity index (χ1v) is 13.2. The van der Waals surface area contributed by atoms with Crippen molar-refractivity contribution >= 4 is 19.5 Å². The monoisotopic (exact) mass is 540 g/mol. The van der Waals surface area contributed by atoms with Crippen molar-refractivity contribution in [1.82, 2.24) is 14.6 Å². The number of para-hydroxylation sites is 1. The number of nitrogen functional groups attached to an aromatic ring is 1. The van der Waals surface area contributed by atoms with Gasteiger partial charge in [-0.3, -0.25) is 13.9 Å². The highest BCUT2D eigenvalue weighted by atomic mass is 31.2. The Morgan fingerprint density at radius 2 is 1.89 bits per heavy atom. The van der Waals surface area contributed by atoms with Crippen LogP contribution in [-0.2, 0) is 28.1 Å². The van der Waals surface area contributed by atoms with E-state index in [1.54, 1.807) is 44.2 Å². The van der Waals surface area contributed by atoms with Crippen LogP contribution in [0.15, 0.2) is 47.4 Å². The number of aromatic nitrogens is 2. The van der Waals surface area contributed by atoms with Gasteiger partial charge in [-0.25, -0.2) is 9.36 Å². The second kappa shape index (κ2) is 12.2. The topological polar surface area (TPSA) is 173 Å². The van der Waals surface area contributed by atoms with Crippen LogP contribution in [0.2, 0.25) is 0 Å². The molecule has 1 unspecified atom stereocenters. The summed E-state index contributed by atoms with van der Waals surface area (Å²) in [6, 6.07) is 8.58. The third kappa shape index (κ3) is 7.16. The molecule has 2 heterocycles. The van der Waals surface area contributed by atoms with Crippen LogP contribution < -0.4 is 21.0 Å². The van der Waals surface area contributed by atoms with Gasteiger partial charge >= 0.3 is 19.4 Å². The van der Waals surface area contributed by atoms with Crippen molar-refractivity contribution in [1.29, 1.82) is 0 Å². The number of benzene rings is 1. The number of rotatable bonds is 11. The molecule has 37 heavy (non-hydrogen) atoms. The molecule has 0 saturated carbocycles. The molecule has 0 spiro atoms. The van der Waals surface area contributed by atoms with Gasteiger partial charge < -0.3 is 29.6 Å². The molecule has 0 bridgehead atoms. The molecule has 1 saturated heterocycles. The van der Waals surface area contributed by atoms with Gasteiger partial charge in [-0.15, -0.1) is 0 Å². The Morgan fingerprint density at radius 3 is 2.49 bits per heavy atom. The van der Waals surface area contributed by atoms with Gasteiger partial charge in [0, 0.05) is 13.3 Å². The van der Waals surface area contributed by atoms with Gasteiger partial charge in [0.2, 0.25) is 0 Å². The Bertz CT molecular complexity index is 1160. The number of carbonyl (C=O) groups excluding carboxylic acids is 1. The van der Waals surface area contributed by atoms with Gasteiger partial charge in [0.1, 0.15) is 35.9 Å². The minimum Gasteiger partial charge on any atom is -0.462 e. The summed E-state index contributed by atoms with van der Waals surface area (Å²) in [5.41, 5.74) is 4.86. The summed E-state index contributed by atoms with van der Waals surface area (Å²) in [5, 5.41) is 13.5. The van der Waals surface area contributed by atoms with E-state index in [1.165, 1.54) is 33.2 Å². The Kier molecular flexibility index (Phi) is 9.46. The summed E-state index contributed by atoms with van der Waals surface area (Å²) >= 11 is 0. The summed E-state index contributed by atoms with van der Waals surface area (Å²) in [7, 11) is -2.90. The van der Waals surface area contributed by atoms with E-state index in [-0.39, 0.29) is 17.7 Å². The standard InChI is InChI=1S/C23H33N4O9P/c1-13(2)33-22(29)14(3)26-37(31,36-16-9-7-6-8-10-16)35-15(4)19-18(28)20(32-5)21(34-19)27-12-11-17(24)25-23(27)30/h6-15,18-21,28H,1-5H3,(H,26,31)(H2,24,25,30)/t14-,15+,18+,19+,20+,21+,37?/m0/s1. The number of nitrogens with zero attached hydrogens (tertiary/aromatic N) is 2. The number of aliphatic hydroxyl groups is 1. The maximum atomic E-state index is 13.8. The molecule has 0 aliphatic carbocycles. The third-order valence-corrected chi connectivity index (χ3v) is 7.21. The minimum atomic E-state index is -4.25. The highest BCUT2D eigenvalue weighted by Gasteiger charge is 2.50. The first kappa shape index (κ1) is 28.8. The Hall–Kier alpha value is -2.80. The Labute approximate surface area is 214 Å². The lowest BCUT2D eigenvalue weighted by atomic mass is 10.1. The van der Waals surface area contributed by atoms with E-state index in [2.05, 4.69) is 10.1 Å². The number of carbonyl (C=O) groups is 1. The zero-order valence-electron chi connectivity index (χ0n) is 21.2. The molecule has 1 aromatic heterocycles. The third-order valence-electron chi connectivity index (χ3n) is 5.44. The maximum Gasteiger partial charge on any atom is 0.459 e. The van der Waals surface area contributed by atoms with Gasteiger partial charge in [-0.05, 0) is 45.9 Å². The average Bonchev–Trinajstić information content (AvgIpc) is 3.15.